The first kappa shape index (κ1) is 7.31. The van der Waals surface area contributed by atoms with Crippen LogP contribution in [0.15, 0.2) is 18.3 Å². The number of nitrogens with one attached hydrogen (secondary N) is 1. The fourth-order valence-corrected chi connectivity index (χ4v) is 0.898. The van der Waals surface area contributed by atoms with Crippen molar-refractivity contribution in [2.75, 3.05) is 13.2 Å². The van der Waals surface area contributed by atoms with Crippen molar-refractivity contribution in [3.05, 3.63) is 24.0 Å². The average Bonchev–Trinajstić information content (AvgIpc) is 2.43. The van der Waals surface area contributed by atoms with Gasteiger partial charge in [0.05, 0.1) is 6.61 Å². The maximum Gasteiger partial charge on any atom is 0.0526 e. The molecule has 1 atom stereocenters. The predicted molar refractivity (Wildman–Crippen MR) is 39.7 cm³/mol. The standard InChI is InChI=1S/C7H12N2O/c8-4-6(5-10)7-2-1-3-9-7/h1-3,6,9-10H,4-5,8H2. The van der Waals surface area contributed by atoms with Gasteiger partial charge in [0.1, 0.15) is 0 Å². The van der Waals surface area contributed by atoms with Crippen LogP contribution in [0.1, 0.15) is 11.6 Å². The van der Waals surface area contributed by atoms with Crippen LogP contribution < -0.4 is 5.73 Å². The van der Waals surface area contributed by atoms with Gasteiger partial charge in [-0.3, -0.25) is 0 Å². The fourth-order valence-electron chi connectivity index (χ4n) is 0.898. The van der Waals surface area contributed by atoms with Crippen molar-refractivity contribution in [3.8, 4) is 0 Å². The van der Waals surface area contributed by atoms with Gasteiger partial charge < -0.3 is 15.8 Å². The SMILES string of the molecule is NCC(CO)c1ccc[nH]1. The molecule has 0 bridgehead atoms. The summed E-state index contributed by atoms with van der Waals surface area (Å²) in [6, 6.07) is 3.82. The van der Waals surface area contributed by atoms with E-state index in [1.165, 1.54) is 0 Å². The summed E-state index contributed by atoms with van der Waals surface area (Å²) in [6.07, 6.45) is 1.83. The predicted octanol–water partition coefficient (Wildman–Crippen LogP) is 0.0493. The number of nitrogens with two attached hydrogens (primary N) is 1. The van der Waals surface area contributed by atoms with Gasteiger partial charge >= 0.3 is 0 Å². The zero-order valence-electron chi connectivity index (χ0n) is 5.75. The van der Waals surface area contributed by atoms with E-state index in [2.05, 4.69) is 4.98 Å². The first-order valence-corrected chi connectivity index (χ1v) is 3.32. The van der Waals surface area contributed by atoms with Crippen LogP contribution in [0.5, 0.6) is 0 Å². The Bertz CT molecular complexity index is 168. The molecule has 0 saturated carbocycles. The van der Waals surface area contributed by atoms with E-state index in [4.69, 9.17) is 10.8 Å². The lowest BCUT2D eigenvalue weighted by atomic mass is 10.1. The molecule has 0 aliphatic rings. The van der Waals surface area contributed by atoms with Gasteiger partial charge in [-0.15, -0.1) is 0 Å². The van der Waals surface area contributed by atoms with Crippen molar-refractivity contribution in [2.24, 2.45) is 5.73 Å². The smallest absolute Gasteiger partial charge is 0.0526 e. The molecule has 56 valence electrons. The molecule has 3 heteroatoms. The number of aromatic nitrogens is 1. The summed E-state index contributed by atoms with van der Waals surface area (Å²) < 4.78 is 0. The van der Waals surface area contributed by atoms with Crippen molar-refractivity contribution in [3.63, 3.8) is 0 Å². The summed E-state index contributed by atoms with van der Waals surface area (Å²) in [7, 11) is 0. The molecule has 1 rings (SSSR count). The van der Waals surface area contributed by atoms with E-state index in [0.717, 1.165) is 5.69 Å². The first-order chi connectivity index (χ1) is 4.88. The maximum absolute atomic E-state index is 8.80. The Hall–Kier alpha value is -0.800. The van der Waals surface area contributed by atoms with Crippen LogP contribution in [0.2, 0.25) is 0 Å². The van der Waals surface area contributed by atoms with E-state index in [0.29, 0.717) is 6.54 Å². The zero-order valence-corrected chi connectivity index (χ0v) is 5.75. The highest BCUT2D eigenvalue weighted by Crippen LogP contribution is 2.09. The first-order valence-electron chi connectivity index (χ1n) is 3.32. The van der Waals surface area contributed by atoms with Crippen molar-refractivity contribution in [2.45, 2.75) is 5.92 Å². The topological polar surface area (TPSA) is 62.0 Å². The summed E-state index contributed by atoms with van der Waals surface area (Å²) in [6.45, 7) is 0.591. The molecule has 0 aromatic carbocycles. The number of aliphatic hydroxyl groups excluding tert-OH is 1. The quantitative estimate of drug-likeness (QED) is 0.555. The van der Waals surface area contributed by atoms with Gasteiger partial charge in [0.15, 0.2) is 0 Å². The second-order valence-corrected chi connectivity index (χ2v) is 2.24. The van der Waals surface area contributed by atoms with E-state index in [1.807, 2.05) is 18.3 Å². The Morgan fingerprint density at radius 3 is 2.90 bits per heavy atom. The maximum atomic E-state index is 8.80. The third-order valence-corrected chi connectivity index (χ3v) is 1.57. The molecule has 1 aromatic rings. The van der Waals surface area contributed by atoms with Crippen molar-refractivity contribution in [1.29, 1.82) is 0 Å². The molecule has 3 nitrogen and oxygen atoms in total. The molecule has 0 aliphatic heterocycles. The second kappa shape index (κ2) is 3.39. The summed E-state index contributed by atoms with van der Waals surface area (Å²) in [5, 5.41) is 8.80. The third kappa shape index (κ3) is 1.37. The van der Waals surface area contributed by atoms with Crippen LogP contribution in [0.4, 0.5) is 0 Å². The fraction of sp³-hybridized carbons (Fsp3) is 0.429. The molecule has 0 fully saturated rings. The van der Waals surface area contributed by atoms with Gasteiger partial charge in [-0.05, 0) is 12.1 Å². The third-order valence-electron chi connectivity index (χ3n) is 1.57. The number of hydrogen-bond donors (Lipinski definition) is 3. The van der Waals surface area contributed by atoms with Gasteiger partial charge in [-0.2, -0.15) is 0 Å². The van der Waals surface area contributed by atoms with Crippen LogP contribution in [-0.4, -0.2) is 23.2 Å². The van der Waals surface area contributed by atoms with E-state index >= 15 is 0 Å². The number of rotatable bonds is 3. The molecule has 0 spiro atoms. The lowest BCUT2D eigenvalue weighted by Gasteiger charge is -2.07. The Labute approximate surface area is 59.9 Å². The van der Waals surface area contributed by atoms with Gasteiger partial charge in [0.2, 0.25) is 0 Å². The molecule has 0 aliphatic carbocycles. The number of aromatic amines is 1. The van der Waals surface area contributed by atoms with Crippen LogP contribution in [0.3, 0.4) is 0 Å². The van der Waals surface area contributed by atoms with Crippen LogP contribution >= 0.6 is 0 Å². The molecule has 1 heterocycles. The average molecular weight is 140 g/mol. The molecule has 0 saturated heterocycles. The number of hydrogen-bond acceptors (Lipinski definition) is 2. The molecule has 1 unspecified atom stereocenters. The summed E-state index contributed by atoms with van der Waals surface area (Å²) in [5.74, 6) is 0.0648. The van der Waals surface area contributed by atoms with Gasteiger partial charge in [0.25, 0.3) is 0 Å². The largest absolute Gasteiger partial charge is 0.396 e. The molecule has 1 aromatic heterocycles. The highest BCUT2D eigenvalue weighted by Gasteiger charge is 2.06. The normalized spacial score (nSPS) is 13.4. The van der Waals surface area contributed by atoms with Crippen molar-refractivity contribution in [1.82, 2.24) is 4.98 Å². The minimum absolute atomic E-state index is 0.0648. The summed E-state index contributed by atoms with van der Waals surface area (Å²) in [5.41, 5.74) is 6.40. The number of H-pyrrole nitrogens is 1. The van der Waals surface area contributed by atoms with E-state index in [1.54, 1.807) is 0 Å². The molecule has 0 radical (unpaired) electrons. The van der Waals surface area contributed by atoms with Crippen LogP contribution in [0.25, 0.3) is 0 Å². The molecule has 10 heavy (non-hydrogen) atoms. The Balaban J connectivity index is 2.64. The van der Waals surface area contributed by atoms with Gasteiger partial charge in [0, 0.05) is 24.4 Å². The highest BCUT2D eigenvalue weighted by molar-refractivity contribution is 5.10. The second-order valence-electron chi connectivity index (χ2n) is 2.24. The van der Waals surface area contributed by atoms with E-state index in [-0.39, 0.29) is 12.5 Å². The van der Waals surface area contributed by atoms with Gasteiger partial charge in [-0.1, -0.05) is 0 Å². The highest BCUT2D eigenvalue weighted by atomic mass is 16.3. The Morgan fingerprint density at radius 1 is 1.70 bits per heavy atom. The lowest BCUT2D eigenvalue weighted by molar-refractivity contribution is 0.266. The number of aliphatic hydroxyl groups is 1. The monoisotopic (exact) mass is 140 g/mol. The van der Waals surface area contributed by atoms with Gasteiger partial charge in [-0.25, -0.2) is 0 Å². The van der Waals surface area contributed by atoms with Crippen molar-refractivity contribution >= 4 is 0 Å². The zero-order chi connectivity index (χ0) is 7.40. The lowest BCUT2D eigenvalue weighted by Crippen LogP contribution is -2.16. The molecular formula is C7H12N2O. The summed E-state index contributed by atoms with van der Waals surface area (Å²) >= 11 is 0. The minimum atomic E-state index is 0.0648. The molecule has 4 N–H and O–H groups in total. The minimum Gasteiger partial charge on any atom is -0.396 e. The van der Waals surface area contributed by atoms with E-state index < -0.39 is 0 Å². The summed E-state index contributed by atoms with van der Waals surface area (Å²) in [4.78, 5) is 3.00. The van der Waals surface area contributed by atoms with Crippen molar-refractivity contribution < 1.29 is 5.11 Å². The molecular weight excluding hydrogens is 128 g/mol. The Morgan fingerprint density at radius 2 is 2.50 bits per heavy atom. The molecule has 0 amide bonds. The van der Waals surface area contributed by atoms with Crippen LogP contribution in [-0.2, 0) is 0 Å². The Kier molecular flexibility index (Phi) is 2.48. The van der Waals surface area contributed by atoms with E-state index in [9.17, 15) is 0 Å². The van der Waals surface area contributed by atoms with Crippen LogP contribution in [0, 0.1) is 0 Å².